The highest BCUT2D eigenvalue weighted by molar-refractivity contribution is 9.10. The first-order chi connectivity index (χ1) is 7.49. The van der Waals surface area contributed by atoms with Gasteiger partial charge in [-0.05, 0) is 35.0 Å². The lowest BCUT2D eigenvalue weighted by Crippen LogP contribution is -2.17. The maximum absolute atomic E-state index is 11.5. The Kier molecular flexibility index (Phi) is 3.89. The van der Waals surface area contributed by atoms with E-state index in [0.717, 1.165) is 0 Å². The van der Waals surface area contributed by atoms with Gasteiger partial charge in [0.1, 0.15) is 0 Å². The minimum Gasteiger partial charge on any atom is -0.504 e. The molecule has 0 aromatic heterocycles. The standard InChI is InChI=1S/C10H9BrO5/c1-2-16-10(15)8(13)5-3-4-6(11)9(14)7(5)12/h3-4,12,14H,2H2,1H3. The number of hydrogen-bond donors (Lipinski definition) is 2. The second kappa shape index (κ2) is 4.98. The zero-order valence-electron chi connectivity index (χ0n) is 8.36. The van der Waals surface area contributed by atoms with E-state index in [1.165, 1.54) is 12.1 Å². The van der Waals surface area contributed by atoms with Crippen LogP contribution in [0.5, 0.6) is 11.5 Å². The van der Waals surface area contributed by atoms with Crippen molar-refractivity contribution in [1.29, 1.82) is 0 Å². The molecule has 1 aromatic carbocycles. The number of halogens is 1. The number of rotatable bonds is 3. The van der Waals surface area contributed by atoms with E-state index >= 15 is 0 Å². The predicted octanol–water partition coefficient (Wildman–Crippen LogP) is 1.61. The second-order valence-corrected chi connectivity index (χ2v) is 3.70. The molecule has 0 aliphatic rings. The van der Waals surface area contributed by atoms with Gasteiger partial charge < -0.3 is 14.9 Å². The van der Waals surface area contributed by atoms with Crippen molar-refractivity contribution < 1.29 is 24.5 Å². The summed E-state index contributed by atoms with van der Waals surface area (Å²) in [4.78, 5) is 22.6. The molecule has 0 aliphatic carbocycles. The van der Waals surface area contributed by atoms with E-state index in [1.807, 2.05) is 0 Å². The normalized spacial score (nSPS) is 9.88. The Labute approximate surface area is 99.8 Å². The van der Waals surface area contributed by atoms with E-state index in [2.05, 4.69) is 20.7 Å². The summed E-state index contributed by atoms with van der Waals surface area (Å²) < 4.78 is 4.72. The van der Waals surface area contributed by atoms with Gasteiger partial charge in [-0.1, -0.05) is 0 Å². The van der Waals surface area contributed by atoms with Crippen LogP contribution in [0.15, 0.2) is 16.6 Å². The lowest BCUT2D eigenvalue weighted by Gasteiger charge is -2.06. The van der Waals surface area contributed by atoms with Crippen molar-refractivity contribution in [3.05, 3.63) is 22.2 Å². The van der Waals surface area contributed by atoms with Gasteiger partial charge in [0, 0.05) is 0 Å². The maximum atomic E-state index is 11.5. The molecule has 86 valence electrons. The molecule has 0 atom stereocenters. The average Bonchev–Trinajstić information content (AvgIpc) is 2.26. The Hall–Kier alpha value is -1.56. The number of carbonyl (C=O) groups excluding carboxylic acids is 2. The smallest absolute Gasteiger partial charge is 0.379 e. The summed E-state index contributed by atoms with van der Waals surface area (Å²) in [6.45, 7) is 1.62. The summed E-state index contributed by atoms with van der Waals surface area (Å²) in [6.07, 6.45) is 0. The number of esters is 1. The minimum atomic E-state index is -1.07. The van der Waals surface area contributed by atoms with E-state index in [0.29, 0.717) is 0 Å². The minimum absolute atomic E-state index is 0.0633. The molecule has 6 heteroatoms. The zero-order valence-corrected chi connectivity index (χ0v) is 9.94. The van der Waals surface area contributed by atoms with Crippen LogP contribution in [0.2, 0.25) is 0 Å². The molecule has 0 heterocycles. The lowest BCUT2D eigenvalue weighted by molar-refractivity contribution is -0.137. The number of hydrogen-bond acceptors (Lipinski definition) is 5. The van der Waals surface area contributed by atoms with Crippen molar-refractivity contribution in [2.45, 2.75) is 6.92 Å². The quantitative estimate of drug-likeness (QED) is 0.382. The first kappa shape index (κ1) is 12.5. The highest BCUT2D eigenvalue weighted by Crippen LogP contribution is 2.36. The fraction of sp³-hybridized carbons (Fsp3) is 0.200. The lowest BCUT2D eigenvalue weighted by atomic mass is 10.1. The number of aromatic hydroxyl groups is 2. The summed E-state index contributed by atoms with van der Waals surface area (Å²) in [5.41, 5.74) is -0.292. The molecule has 0 saturated heterocycles. The highest BCUT2D eigenvalue weighted by atomic mass is 79.9. The van der Waals surface area contributed by atoms with Crippen LogP contribution in [0.25, 0.3) is 0 Å². The van der Waals surface area contributed by atoms with E-state index in [9.17, 15) is 19.8 Å². The number of ether oxygens (including phenoxy) is 1. The highest BCUT2D eigenvalue weighted by Gasteiger charge is 2.23. The predicted molar refractivity (Wildman–Crippen MR) is 58.4 cm³/mol. The van der Waals surface area contributed by atoms with E-state index in [1.54, 1.807) is 6.92 Å². The summed E-state index contributed by atoms with van der Waals surface area (Å²) in [5, 5.41) is 18.8. The topological polar surface area (TPSA) is 83.8 Å². The third kappa shape index (κ3) is 2.33. The van der Waals surface area contributed by atoms with E-state index < -0.39 is 23.3 Å². The van der Waals surface area contributed by atoms with Crippen molar-refractivity contribution in [1.82, 2.24) is 0 Å². The zero-order chi connectivity index (χ0) is 12.3. The number of ketones is 1. The molecule has 1 aromatic rings. The van der Waals surface area contributed by atoms with Crippen LogP contribution in [0.4, 0.5) is 0 Å². The Bertz CT molecular complexity index is 441. The van der Waals surface area contributed by atoms with Crippen molar-refractivity contribution in [3.63, 3.8) is 0 Å². The fourth-order valence-corrected chi connectivity index (χ4v) is 1.36. The Morgan fingerprint density at radius 3 is 2.50 bits per heavy atom. The SMILES string of the molecule is CCOC(=O)C(=O)c1ccc(Br)c(O)c1O. The molecule has 0 unspecified atom stereocenters. The molecule has 5 nitrogen and oxygen atoms in total. The largest absolute Gasteiger partial charge is 0.504 e. The molecular weight excluding hydrogens is 280 g/mol. The van der Waals surface area contributed by atoms with Crippen molar-refractivity contribution in [3.8, 4) is 11.5 Å². The first-order valence-corrected chi connectivity index (χ1v) is 5.20. The molecule has 0 spiro atoms. The monoisotopic (exact) mass is 288 g/mol. The maximum Gasteiger partial charge on any atom is 0.379 e. The molecule has 0 saturated carbocycles. The second-order valence-electron chi connectivity index (χ2n) is 2.84. The van der Waals surface area contributed by atoms with Crippen molar-refractivity contribution >= 4 is 27.7 Å². The Morgan fingerprint density at radius 1 is 1.31 bits per heavy atom. The Morgan fingerprint density at radius 2 is 1.94 bits per heavy atom. The number of benzene rings is 1. The van der Waals surface area contributed by atoms with Gasteiger partial charge in [0.25, 0.3) is 5.78 Å². The van der Waals surface area contributed by atoms with Crippen LogP contribution in [0.1, 0.15) is 17.3 Å². The van der Waals surface area contributed by atoms with Crippen LogP contribution >= 0.6 is 15.9 Å². The van der Waals surface area contributed by atoms with Crippen LogP contribution in [-0.4, -0.2) is 28.6 Å². The summed E-state index contributed by atoms with van der Waals surface area (Å²) in [7, 11) is 0. The van der Waals surface area contributed by atoms with Crippen LogP contribution in [-0.2, 0) is 9.53 Å². The van der Waals surface area contributed by atoms with Gasteiger partial charge in [0.15, 0.2) is 11.5 Å². The van der Waals surface area contributed by atoms with Crippen molar-refractivity contribution in [2.24, 2.45) is 0 Å². The molecule has 0 fully saturated rings. The van der Waals surface area contributed by atoms with Gasteiger partial charge in [-0.25, -0.2) is 4.79 Å². The molecule has 0 radical (unpaired) electrons. The van der Waals surface area contributed by atoms with Gasteiger partial charge in [-0.3, -0.25) is 4.79 Å². The van der Waals surface area contributed by atoms with Gasteiger partial charge >= 0.3 is 5.97 Å². The van der Waals surface area contributed by atoms with Gasteiger partial charge in [-0.15, -0.1) is 0 Å². The number of phenols is 2. The molecule has 0 bridgehead atoms. The van der Waals surface area contributed by atoms with Gasteiger partial charge in [0.2, 0.25) is 0 Å². The van der Waals surface area contributed by atoms with Crippen LogP contribution in [0, 0.1) is 0 Å². The number of phenolic OH excluding ortho intramolecular Hbond substituents is 2. The number of carbonyl (C=O) groups is 2. The summed E-state index contributed by atoms with van der Waals surface area (Å²) in [5.74, 6) is -3.20. The van der Waals surface area contributed by atoms with E-state index in [4.69, 9.17) is 0 Å². The third-order valence-corrected chi connectivity index (χ3v) is 2.45. The first-order valence-electron chi connectivity index (χ1n) is 4.41. The molecule has 1 rings (SSSR count). The third-order valence-electron chi connectivity index (χ3n) is 1.81. The average molecular weight is 289 g/mol. The summed E-state index contributed by atoms with van der Waals surface area (Å²) >= 11 is 2.96. The number of Topliss-reactive ketones (excluding diaryl/α,β-unsaturated/α-hetero) is 1. The van der Waals surface area contributed by atoms with E-state index in [-0.39, 0.29) is 16.6 Å². The molecular formula is C10H9BrO5. The van der Waals surface area contributed by atoms with Gasteiger partial charge in [0.05, 0.1) is 16.6 Å². The Balaban J connectivity index is 3.10. The molecule has 0 aliphatic heterocycles. The molecule has 16 heavy (non-hydrogen) atoms. The molecule has 0 amide bonds. The van der Waals surface area contributed by atoms with Crippen molar-refractivity contribution in [2.75, 3.05) is 6.61 Å². The molecule has 2 N–H and O–H groups in total. The van der Waals surface area contributed by atoms with Crippen LogP contribution in [0.3, 0.4) is 0 Å². The fourth-order valence-electron chi connectivity index (χ4n) is 1.04. The van der Waals surface area contributed by atoms with Gasteiger partial charge in [-0.2, -0.15) is 0 Å². The van der Waals surface area contributed by atoms with Crippen LogP contribution < -0.4 is 0 Å². The summed E-state index contributed by atoms with van der Waals surface area (Å²) in [6, 6.07) is 2.57.